The van der Waals surface area contributed by atoms with Crippen molar-refractivity contribution in [2.45, 2.75) is 18.7 Å². The van der Waals surface area contributed by atoms with Crippen LogP contribution in [0.15, 0.2) is 59.9 Å². The Morgan fingerprint density at radius 1 is 1.07 bits per heavy atom. The lowest BCUT2D eigenvalue weighted by molar-refractivity contribution is -0.137. The third kappa shape index (κ3) is 3.75. The molecule has 0 amide bonds. The van der Waals surface area contributed by atoms with Crippen LogP contribution in [0.2, 0.25) is 0 Å². The predicted molar refractivity (Wildman–Crippen MR) is 98.1 cm³/mol. The molecular formula is C19H12BrF3N2O2. The highest BCUT2D eigenvalue weighted by atomic mass is 79.9. The molecule has 0 aliphatic carbocycles. The van der Waals surface area contributed by atoms with Gasteiger partial charge in [-0.25, -0.2) is 0 Å². The van der Waals surface area contributed by atoms with Gasteiger partial charge in [-0.3, -0.25) is 4.98 Å². The lowest BCUT2D eigenvalue weighted by atomic mass is 10.0. The number of hydrogen-bond donors (Lipinski definition) is 0. The standard InChI is InChI=1S/C19H12BrF3N2O2/c20-18-10-17(27-25-18)15-8-13(9-16-14(15)5-2-6-24-16)26-12-4-1-3-11(7-12)19(21,22)23/h1-9,17H,10H2/t17-/m1/s1. The van der Waals surface area contributed by atoms with Crippen LogP contribution in [0, 0.1) is 0 Å². The molecule has 0 spiro atoms. The summed E-state index contributed by atoms with van der Waals surface area (Å²) in [6.07, 6.45) is -2.56. The number of fused-ring (bicyclic) bond motifs is 1. The van der Waals surface area contributed by atoms with Gasteiger partial charge in [-0.05, 0) is 46.3 Å². The van der Waals surface area contributed by atoms with Crippen LogP contribution >= 0.6 is 15.9 Å². The number of alkyl halides is 3. The topological polar surface area (TPSA) is 43.7 Å². The Labute approximate surface area is 160 Å². The first-order chi connectivity index (χ1) is 12.9. The Hall–Kier alpha value is -2.61. The fraction of sp³-hybridized carbons (Fsp3) is 0.158. The summed E-state index contributed by atoms with van der Waals surface area (Å²) >= 11 is 3.31. The Morgan fingerprint density at radius 2 is 1.93 bits per heavy atom. The summed E-state index contributed by atoms with van der Waals surface area (Å²) in [5.74, 6) is 0.470. The molecule has 1 aliphatic rings. The van der Waals surface area contributed by atoms with E-state index in [2.05, 4.69) is 26.1 Å². The van der Waals surface area contributed by atoms with Crippen LogP contribution in [-0.2, 0) is 11.0 Å². The Balaban J connectivity index is 1.73. The molecule has 0 saturated heterocycles. The maximum absolute atomic E-state index is 12.9. The van der Waals surface area contributed by atoms with Gasteiger partial charge in [0.2, 0.25) is 0 Å². The van der Waals surface area contributed by atoms with E-state index in [4.69, 9.17) is 9.57 Å². The maximum atomic E-state index is 12.9. The minimum Gasteiger partial charge on any atom is -0.457 e. The van der Waals surface area contributed by atoms with Gasteiger partial charge < -0.3 is 9.57 Å². The van der Waals surface area contributed by atoms with Crippen molar-refractivity contribution in [2.24, 2.45) is 5.16 Å². The molecule has 138 valence electrons. The van der Waals surface area contributed by atoms with Crippen molar-refractivity contribution in [2.75, 3.05) is 0 Å². The normalized spacial score (nSPS) is 16.9. The van der Waals surface area contributed by atoms with Gasteiger partial charge in [-0.2, -0.15) is 13.2 Å². The first kappa shape index (κ1) is 17.8. The van der Waals surface area contributed by atoms with Gasteiger partial charge in [0, 0.05) is 29.6 Å². The van der Waals surface area contributed by atoms with E-state index >= 15 is 0 Å². The SMILES string of the molecule is FC(F)(F)c1cccc(Oc2cc([C@H]3CC(Br)=NO3)c3cccnc3c2)c1. The first-order valence-electron chi connectivity index (χ1n) is 8.02. The van der Waals surface area contributed by atoms with E-state index in [-0.39, 0.29) is 11.9 Å². The summed E-state index contributed by atoms with van der Waals surface area (Å²) in [5, 5.41) is 4.77. The number of pyridine rings is 1. The van der Waals surface area contributed by atoms with Crippen molar-refractivity contribution in [3.8, 4) is 11.5 Å². The quantitative estimate of drug-likeness (QED) is 0.489. The van der Waals surface area contributed by atoms with Crippen LogP contribution < -0.4 is 4.74 Å². The molecule has 27 heavy (non-hydrogen) atoms. The number of ether oxygens (including phenoxy) is 1. The highest BCUT2D eigenvalue weighted by molar-refractivity contribution is 9.18. The second-order valence-electron chi connectivity index (χ2n) is 5.98. The van der Waals surface area contributed by atoms with Gasteiger partial charge in [-0.15, -0.1) is 0 Å². The van der Waals surface area contributed by atoms with E-state index in [1.165, 1.54) is 12.1 Å². The molecule has 8 heteroatoms. The summed E-state index contributed by atoms with van der Waals surface area (Å²) in [6.45, 7) is 0. The molecule has 1 atom stereocenters. The molecule has 0 fully saturated rings. The van der Waals surface area contributed by atoms with E-state index in [1.54, 1.807) is 18.3 Å². The molecule has 4 nitrogen and oxygen atoms in total. The molecule has 0 radical (unpaired) electrons. The Morgan fingerprint density at radius 3 is 2.67 bits per heavy atom. The smallest absolute Gasteiger partial charge is 0.416 e. The fourth-order valence-electron chi connectivity index (χ4n) is 2.90. The second-order valence-corrected chi connectivity index (χ2v) is 6.89. The highest BCUT2D eigenvalue weighted by Crippen LogP contribution is 2.38. The summed E-state index contributed by atoms with van der Waals surface area (Å²) < 4.78 is 45.2. The minimum atomic E-state index is -4.43. The van der Waals surface area contributed by atoms with Gasteiger partial charge in [-0.1, -0.05) is 17.3 Å². The molecule has 3 aromatic rings. The number of hydrogen-bond acceptors (Lipinski definition) is 4. The largest absolute Gasteiger partial charge is 0.457 e. The van der Waals surface area contributed by atoms with Crippen molar-refractivity contribution in [1.82, 2.24) is 4.98 Å². The number of nitrogens with zero attached hydrogens (tertiary/aromatic N) is 2. The van der Waals surface area contributed by atoms with Gasteiger partial charge >= 0.3 is 6.18 Å². The zero-order valence-electron chi connectivity index (χ0n) is 13.7. The average molecular weight is 437 g/mol. The Kier molecular flexibility index (Phi) is 4.51. The van der Waals surface area contributed by atoms with Crippen LogP contribution in [0.1, 0.15) is 23.7 Å². The molecule has 1 aromatic heterocycles. The van der Waals surface area contributed by atoms with E-state index in [9.17, 15) is 13.2 Å². The first-order valence-corrected chi connectivity index (χ1v) is 8.81. The van der Waals surface area contributed by atoms with E-state index in [0.29, 0.717) is 22.3 Å². The second kappa shape index (κ2) is 6.84. The zero-order valence-corrected chi connectivity index (χ0v) is 15.3. The van der Waals surface area contributed by atoms with Crippen LogP contribution in [0.5, 0.6) is 11.5 Å². The number of oxime groups is 1. The molecule has 0 unspecified atom stereocenters. The molecule has 4 rings (SSSR count). The number of rotatable bonds is 3. The van der Waals surface area contributed by atoms with Crippen molar-refractivity contribution >= 4 is 31.5 Å². The van der Waals surface area contributed by atoms with Gasteiger partial charge in [0.15, 0.2) is 6.10 Å². The van der Waals surface area contributed by atoms with E-state index in [0.717, 1.165) is 23.1 Å². The van der Waals surface area contributed by atoms with Crippen LogP contribution in [0.3, 0.4) is 0 Å². The van der Waals surface area contributed by atoms with Gasteiger partial charge in [0.1, 0.15) is 16.1 Å². The van der Waals surface area contributed by atoms with Crippen molar-refractivity contribution < 1.29 is 22.7 Å². The number of benzene rings is 2. The molecule has 1 aliphatic heterocycles. The summed E-state index contributed by atoms with van der Waals surface area (Å²) in [7, 11) is 0. The number of aromatic nitrogens is 1. The third-order valence-electron chi connectivity index (χ3n) is 4.10. The summed E-state index contributed by atoms with van der Waals surface area (Å²) in [5.41, 5.74) is 0.694. The van der Waals surface area contributed by atoms with E-state index < -0.39 is 11.7 Å². The van der Waals surface area contributed by atoms with Crippen LogP contribution in [-0.4, -0.2) is 9.60 Å². The Bertz CT molecular complexity index is 1040. The zero-order chi connectivity index (χ0) is 19.0. The molecule has 0 N–H and O–H groups in total. The fourth-order valence-corrected chi connectivity index (χ4v) is 3.27. The van der Waals surface area contributed by atoms with Crippen molar-refractivity contribution in [1.29, 1.82) is 0 Å². The average Bonchev–Trinajstić information content (AvgIpc) is 3.07. The van der Waals surface area contributed by atoms with Crippen LogP contribution in [0.25, 0.3) is 10.9 Å². The highest BCUT2D eigenvalue weighted by Gasteiger charge is 2.30. The molecule has 0 bridgehead atoms. The van der Waals surface area contributed by atoms with Gasteiger partial charge in [0.05, 0.1) is 11.1 Å². The van der Waals surface area contributed by atoms with Crippen molar-refractivity contribution in [3.63, 3.8) is 0 Å². The minimum absolute atomic E-state index is 0.0934. The molecule has 2 aromatic carbocycles. The molecular weight excluding hydrogens is 425 g/mol. The van der Waals surface area contributed by atoms with E-state index in [1.807, 2.05) is 12.1 Å². The van der Waals surface area contributed by atoms with Gasteiger partial charge in [0.25, 0.3) is 0 Å². The van der Waals surface area contributed by atoms with Crippen LogP contribution in [0.4, 0.5) is 13.2 Å². The monoisotopic (exact) mass is 436 g/mol. The lowest BCUT2D eigenvalue weighted by Gasteiger charge is -2.15. The predicted octanol–water partition coefficient (Wildman–Crippen LogP) is 6.22. The lowest BCUT2D eigenvalue weighted by Crippen LogP contribution is -2.04. The van der Waals surface area contributed by atoms with Crippen molar-refractivity contribution in [3.05, 3.63) is 65.9 Å². The maximum Gasteiger partial charge on any atom is 0.416 e. The molecule has 0 saturated carbocycles. The summed E-state index contributed by atoms with van der Waals surface area (Å²) in [6, 6.07) is 11.9. The molecule has 2 heterocycles. The third-order valence-corrected chi connectivity index (χ3v) is 4.57. The summed E-state index contributed by atoms with van der Waals surface area (Å²) in [4.78, 5) is 9.76. The number of halogens is 4.